The maximum atomic E-state index is 10.6. The van der Waals surface area contributed by atoms with E-state index in [2.05, 4.69) is 203 Å². The van der Waals surface area contributed by atoms with Crippen LogP contribution < -0.4 is 0 Å². The Hall–Kier alpha value is -10.5. The highest BCUT2D eigenvalue weighted by atomic mass is 16.3. The molecule has 11 nitrogen and oxygen atoms in total. The minimum atomic E-state index is -0.0596. The van der Waals surface area contributed by atoms with Gasteiger partial charge in [-0.25, -0.2) is 0 Å². The van der Waals surface area contributed by atoms with Gasteiger partial charge in [0, 0.05) is 27.6 Å². The van der Waals surface area contributed by atoms with Crippen molar-refractivity contribution in [1.82, 2.24) is 0 Å². The highest BCUT2D eigenvalue weighted by Crippen LogP contribution is 2.45. The van der Waals surface area contributed by atoms with Crippen molar-refractivity contribution < 1.29 is 56.2 Å². The van der Waals surface area contributed by atoms with Crippen molar-refractivity contribution in [2.45, 2.75) is 282 Å². The fraction of sp³-hybridized carbons (Fsp3) is 0.402. The molecule has 0 fully saturated rings. The predicted octanol–water partition coefficient (Wildman–Crippen LogP) is 29.3. The Labute approximate surface area is 707 Å². The Balaban J connectivity index is 0.000000242. The van der Waals surface area contributed by atoms with Gasteiger partial charge in [-0.2, -0.15) is 0 Å². The van der Waals surface area contributed by atoms with Crippen molar-refractivity contribution in [3.63, 3.8) is 0 Å². The lowest BCUT2D eigenvalue weighted by Gasteiger charge is -2.27. The number of aryl methyl sites for hydroxylation is 3. The first-order valence-electron chi connectivity index (χ1n) is 42.2. The topological polar surface area (TPSA) is 223 Å². The van der Waals surface area contributed by atoms with Gasteiger partial charge in [0.25, 0.3) is 0 Å². The summed E-state index contributed by atoms with van der Waals surface area (Å²) in [6.07, 6.45) is 8.46. The van der Waals surface area contributed by atoms with Crippen LogP contribution in [0.15, 0.2) is 206 Å². The number of phenols is 11. The summed E-state index contributed by atoms with van der Waals surface area (Å²) in [5.41, 5.74) is 13.6. The maximum absolute atomic E-state index is 10.6. The number of hydrogen-bond donors (Lipinski definition) is 11. The van der Waals surface area contributed by atoms with Crippen LogP contribution in [0, 0.1) is 20.8 Å². The lowest BCUT2D eigenvalue weighted by Crippen LogP contribution is -2.16. The minimum absolute atomic E-state index is 0.00375. The van der Waals surface area contributed by atoms with E-state index in [-0.39, 0.29) is 77.8 Å². The van der Waals surface area contributed by atoms with Crippen LogP contribution >= 0.6 is 0 Å². The molecule has 0 heterocycles. The molecule has 12 rings (SSSR count). The molecule has 12 aromatic rings. The van der Waals surface area contributed by atoms with Gasteiger partial charge in [-0.15, -0.1) is 0 Å². The van der Waals surface area contributed by atoms with Crippen molar-refractivity contribution in [2.24, 2.45) is 0 Å². The third kappa shape index (κ3) is 25.3. The van der Waals surface area contributed by atoms with Gasteiger partial charge >= 0.3 is 0 Å². The number of rotatable bonds is 16. The molecular formula is C107H142O11. The summed E-state index contributed by atoms with van der Waals surface area (Å²) >= 11 is 0. The molecule has 12 aromatic carbocycles. The Morgan fingerprint density at radius 3 is 0.915 bits per heavy atom. The zero-order valence-electron chi connectivity index (χ0n) is 76.2. The number of phenolic OH excluding ortho intramolecular Hbond substituents is 11. The normalized spacial score (nSPS) is 11.8. The Morgan fingerprint density at radius 1 is 0.195 bits per heavy atom. The molecule has 0 saturated carbocycles. The van der Waals surface area contributed by atoms with Crippen LogP contribution in [0.5, 0.6) is 63.2 Å². The average Bonchev–Trinajstić information content (AvgIpc) is 0.740. The summed E-state index contributed by atoms with van der Waals surface area (Å²) < 4.78 is 0. The number of hydrogen-bond acceptors (Lipinski definition) is 11. The van der Waals surface area contributed by atoms with E-state index in [1.807, 2.05) is 118 Å². The van der Waals surface area contributed by atoms with Crippen LogP contribution in [0.1, 0.15) is 279 Å². The third-order valence-electron chi connectivity index (χ3n) is 25.3. The maximum Gasteiger partial charge on any atom is 0.157 e. The molecule has 0 aliphatic heterocycles. The first kappa shape index (κ1) is 98.1. The molecule has 0 aromatic heterocycles. The molecule has 636 valence electrons. The van der Waals surface area contributed by atoms with E-state index < -0.39 is 0 Å². The number of benzene rings is 12. The Kier molecular flexibility index (Phi) is 34.3. The van der Waals surface area contributed by atoms with Crippen molar-refractivity contribution in [3.8, 4) is 63.2 Å². The molecule has 0 aliphatic carbocycles. The summed E-state index contributed by atoms with van der Waals surface area (Å²) in [6.45, 7) is 58.3. The molecule has 0 amide bonds. The molecule has 0 atom stereocenters. The molecule has 11 N–H and O–H groups in total. The highest BCUT2D eigenvalue weighted by Gasteiger charge is 2.28. The largest absolute Gasteiger partial charge is 0.508 e. The van der Waals surface area contributed by atoms with Gasteiger partial charge in [0.15, 0.2) is 11.5 Å². The van der Waals surface area contributed by atoms with Gasteiger partial charge < -0.3 is 56.2 Å². The molecule has 0 spiro atoms. The molecule has 11 heteroatoms. The fourth-order valence-electron chi connectivity index (χ4n) is 13.5. The number of aromatic hydroxyl groups is 11. The predicted molar refractivity (Wildman–Crippen MR) is 501 cm³/mol. The van der Waals surface area contributed by atoms with E-state index in [0.29, 0.717) is 34.1 Å². The van der Waals surface area contributed by atoms with E-state index in [9.17, 15) is 46.0 Å². The summed E-state index contributed by atoms with van der Waals surface area (Å²) in [6, 6.07) is 64.3. The van der Waals surface area contributed by atoms with Crippen molar-refractivity contribution in [1.29, 1.82) is 0 Å². The summed E-state index contributed by atoms with van der Waals surface area (Å²) in [5, 5.41) is 113. The van der Waals surface area contributed by atoms with Gasteiger partial charge in [0.2, 0.25) is 0 Å². The summed E-state index contributed by atoms with van der Waals surface area (Å²) in [7, 11) is 0. The molecule has 0 bridgehead atoms. The van der Waals surface area contributed by atoms with E-state index >= 15 is 0 Å². The van der Waals surface area contributed by atoms with Gasteiger partial charge in [0.1, 0.15) is 51.7 Å². The SMILES string of the molecule is CCC(C)(C)c1c2ccccc2c(O)c2ccccc12.CCC(C)(C)c1cc(C)c(O)c(C)c1.CCC(C)(C)c1cc(O)cc(O)c1.CCC(C)(C)c1ccc(O)c(C)c1.CCC(C)(C)c1ccc(O)c(O)c1.CCC(C)(C)c1ccc(O)c2cc(O)ccc12.CCC(C)(C)c1ccc(O)c2ccccc12.CCC(C)(C)c1ccc(O)cc1. The molecule has 118 heavy (non-hydrogen) atoms. The minimum Gasteiger partial charge on any atom is -0.508 e. The first-order valence-corrected chi connectivity index (χ1v) is 42.2. The third-order valence-corrected chi connectivity index (χ3v) is 25.3. The van der Waals surface area contributed by atoms with Crippen molar-refractivity contribution in [3.05, 3.63) is 267 Å². The van der Waals surface area contributed by atoms with Gasteiger partial charge in [-0.3, -0.25) is 0 Å². The first-order chi connectivity index (χ1) is 54.9. The molecule has 0 saturated heterocycles. The highest BCUT2D eigenvalue weighted by molar-refractivity contribution is 6.09. The second-order valence-electron chi connectivity index (χ2n) is 36.7. The smallest absolute Gasteiger partial charge is 0.157 e. The lowest BCUT2D eigenvalue weighted by molar-refractivity contribution is 0.400. The van der Waals surface area contributed by atoms with Crippen LogP contribution in [0.4, 0.5) is 0 Å². The monoisotopic (exact) mass is 1600 g/mol. The molecule has 0 radical (unpaired) electrons. The van der Waals surface area contributed by atoms with E-state index in [0.717, 1.165) is 117 Å². The zero-order chi connectivity index (χ0) is 89.0. The molecule has 0 aliphatic rings. The lowest BCUT2D eigenvalue weighted by atomic mass is 9.77. The van der Waals surface area contributed by atoms with Gasteiger partial charge in [0.05, 0.1) is 0 Å². The Morgan fingerprint density at radius 2 is 0.508 bits per heavy atom. The standard InChI is InChI=1S/C19H20O.C15H18O2.C15H18O.C13H20O.C12H18O.2C11H16O2.C11H16O/c1-4-19(2,3)17-13-9-5-7-11-15(13)18(20)16-12-8-6-10-14(16)17;1-4-15(2,3)13-7-8-14(17)12-9-10(16)5-6-11(12)13;1-4-15(2,3)13-9-10-14(16)12-8-6-5-7-11(12)13;1-6-13(4,5)11-7-9(2)12(14)10(3)8-11;1-5-12(3,4)10-6-7-11(13)9(2)8-10;1-4-11(2,3)8-5-9(12)7-10(13)6-8;1-4-11(2,3)8-5-6-9(12)10(13)7-8;1-4-11(2,3)9-5-7-10(12)8-6-9/h5-12,20H,4H2,1-3H3;5-9,16-17H,4H2,1-3H3;5-10,16H,4H2,1-3H3;7-8,14H,6H2,1-5H3;6-8,13H,5H2,1-4H3;2*5-7,12-13H,4H2,1-3H3;5-8,12H,4H2,1-3H3. The Bertz CT molecular complexity index is 5100. The van der Waals surface area contributed by atoms with Gasteiger partial charge in [-0.1, -0.05) is 300 Å². The van der Waals surface area contributed by atoms with Crippen molar-refractivity contribution >= 4 is 43.1 Å². The van der Waals surface area contributed by atoms with Crippen LogP contribution in [-0.4, -0.2) is 56.2 Å². The van der Waals surface area contributed by atoms with E-state index in [4.69, 9.17) is 10.2 Å². The van der Waals surface area contributed by atoms with Crippen LogP contribution in [-0.2, 0) is 43.3 Å². The summed E-state index contributed by atoms with van der Waals surface area (Å²) in [4.78, 5) is 0. The zero-order valence-corrected chi connectivity index (χ0v) is 76.2. The average molecular weight is 1600 g/mol. The van der Waals surface area contributed by atoms with Crippen LogP contribution in [0.25, 0.3) is 43.1 Å². The second kappa shape index (κ2) is 41.2. The summed E-state index contributed by atoms with van der Waals surface area (Å²) in [5.74, 6) is 2.45. The number of fused-ring (bicyclic) bond motifs is 4. The second-order valence-corrected chi connectivity index (χ2v) is 36.7. The van der Waals surface area contributed by atoms with E-state index in [1.165, 1.54) is 45.5 Å². The van der Waals surface area contributed by atoms with Crippen LogP contribution in [0.3, 0.4) is 0 Å². The quantitative estimate of drug-likeness (QED) is 0.0323. The molecule has 0 unspecified atom stereocenters. The fourth-order valence-corrected chi connectivity index (χ4v) is 13.5. The van der Waals surface area contributed by atoms with Crippen molar-refractivity contribution in [2.75, 3.05) is 0 Å². The van der Waals surface area contributed by atoms with Gasteiger partial charge in [-0.05, 0) is 265 Å². The van der Waals surface area contributed by atoms with E-state index in [1.54, 1.807) is 60.7 Å². The van der Waals surface area contributed by atoms with Crippen LogP contribution in [0.2, 0.25) is 0 Å². The molecular weight excluding hydrogens is 1460 g/mol.